The normalized spacial score (nSPS) is 23.2. The summed E-state index contributed by atoms with van der Waals surface area (Å²) in [5, 5.41) is 0. The van der Waals surface area contributed by atoms with Gasteiger partial charge >= 0.3 is 0 Å². The molecule has 0 unspecified atom stereocenters. The summed E-state index contributed by atoms with van der Waals surface area (Å²) >= 11 is 0. The van der Waals surface area contributed by atoms with Crippen LogP contribution in [0, 0.1) is 11.8 Å². The second-order valence-corrected chi connectivity index (χ2v) is 3.10. The Hall–Kier alpha value is 0. The van der Waals surface area contributed by atoms with Gasteiger partial charge in [-0.25, -0.2) is 0 Å². The molecule has 0 aromatic heterocycles. The predicted octanol–water partition coefficient (Wildman–Crippen LogP) is 2.83. The fraction of sp³-hybridized carbons (Fsp3) is 1.00. The molecule has 0 heterocycles. The van der Waals surface area contributed by atoms with Crippen molar-refractivity contribution in [1.82, 2.24) is 0 Å². The lowest BCUT2D eigenvalue weighted by Crippen LogP contribution is -1.94. The van der Waals surface area contributed by atoms with Gasteiger partial charge in [-0.3, -0.25) is 0 Å². The lowest BCUT2D eigenvalue weighted by atomic mass is 10.0. The van der Waals surface area contributed by atoms with E-state index in [1.807, 2.05) is 0 Å². The van der Waals surface area contributed by atoms with Crippen LogP contribution in [-0.2, 0) is 0 Å². The van der Waals surface area contributed by atoms with E-state index in [0.717, 1.165) is 11.8 Å². The molecule has 0 radical (unpaired) electrons. The van der Waals surface area contributed by atoms with Crippen molar-refractivity contribution in [3.63, 3.8) is 0 Å². The van der Waals surface area contributed by atoms with Gasteiger partial charge in [0.25, 0.3) is 0 Å². The summed E-state index contributed by atoms with van der Waals surface area (Å²) in [6.45, 7) is 4.67. The van der Waals surface area contributed by atoms with Crippen LogP contribution >= 0.6 is 0 Å². The third kappa shape index (κ3) is 1.50. The molecule has 0 aliphatic heterocycles. The van der Waals surface area contributed by atoms with Crippen LogP contribution in [0.3, 0.4) is 0 Å². The van der Waals surface area contributed by atoms with Crippen molar-refractivity contribution in [1.29, 1.82) is 0 Å². The average molecular weight is 112 g/mol. The second-order valence-electron chi connectivity index (χ2n) is 3.10. The largest absolute Gasteiger partial charge is 0.0654 e. The molecular weight excluding hydrogens is 96.1 g/mol. The zero-order chi connectivity index (χ0) is 5.98. The SMILES string of the molecule is CCC[C@@H](C)C1CC1. The molecule has 48 valence electrons. The number of rotatable bonds is 3. The molecule has 8 heavy (non-hydrogen) atoms. The molecule has 1 rings (SSSR count). The van der Waals surface area contributed by atoms with Gasteiger partial charge in [0.05, 0.1) is 0 Å². The van der Waals surface area contributed by atoms with E-state index in [-0.39, 0.29) is 0 Å². The van der Waals surface area contributed by atoms with Crippen molar-refractivity contribution in [3.05, 3.63) is 0 Å². The molecule has 0 heteroatoms. The maximum absolute atomic E-state index is 2.39. The van der Waals surface area contributed by atoms with Crippen molar-refractivity contribution in [2.24, 2.45) is 11.8 Å². The van der Waals surface area contributed by atoms with Crippen LogP contribution in [0.5, 0.6) is 0 Å². The summed E-state index contributed by atoms with van der Waals surface area (Å²) < 4.78 is 0. The Labute approximate surface area is 52.3 Å². The van der Waals surface area contributed by atoms with Crippen LogP contribution in [0.15, 0.2) is 0 Å². The third-order valence-corrected chi connectivity index (χ3v) is 2.17. The minimum Gasteiger partial charge on any atom is -0.0654 e. The van der Waals surface area contributed by atoms with E-state index in [2.05, 4.69) is 13.8 Å². The van der Waals surface area contributed by atoms with Gasteiger partial charge in [-0.2, -0.15) is 0 Å². The maximum atomic E-state index is 2.39. The lowest BCUT2D eigenvalue weighted by Gasteiger charge is -2.05. The molecule has 0 bridgehead atoms. The first-order chi connectivity index (χ1) is 3.84. The van der Waals surface area contributed by atoms with Crippen molar-refractivity contribution in [2.45, 2.75) is 39.5 Å². The zero-order valence-electron chi connectivity index (χ0n) is 5.98. The van der Waals surface area contributed by atoms with Gasteiger partial charge < -0.3 is 0 Å². The Morgan fingerprint density at radius 3 is 2.50 bits per heavy atom. The van der Waals surface area contributed by atoms with Crippen LogP contribution in [0.1, 0.15) is 39.5 Å². The molecule has 1 fully saturated rings. The molecule has 0 N–H and O–H groups in total. The standard InChI is InChI=1S/C8H16/c1-3-4-7(2)8-5-6-8/h7-8H,3-6H2,1-2H3/t7-/m1/s1. The summed E-state index contributed by atoms with van der Waals surface area (Å²) in [5.74, 6) is 2.15. The molecule has 0 nitrogen and oxygen atoms in total. The summed E-state index contributed by atoms with van der Waals surface area (Å²) in [5.41, 5.74) is 0. The molecule has 1 aliphatic carbocycles. The molecule has 0 spiro atoms. The molecule has 0 aromatic carbocycles. The third-order valence-electron chi connectivity index (χ3n) is 2.17. The molecule has 1 saturated carbocycles. The summed E-state index contributed by atoms with van der Waals surface area (Å²) in [4.78, 5) is 0. The van der Waals surface area contributed by atoms with Gasteiger partial charge in [-0.15, -0.1) is 0 Å². The minimum absolute atomic E-state index is 1.03. The predicted molar refractivity (Wildman–Crippen MR) is 36.8 cm³/mol. The number of hydrogen-bond donors (Lipinski definition) is 0. The number of hydrogen-bond acceptors (Lipinski definition) is 0. The smallest absolute Gasteiger partial charge is 0.0388 e. The Bertz CT molecular complexity index is 62.4. The van der Waals surface area contributed by atoms with E-state index in [1.165, 1.54) is 25.7 Å². The molecule has 0 saturated heterocycles. The highest BCUT2D eigenvalue weighted by atomic mass is 14.3. The van der Waals surface area contributed by atoms with Gasteiger partial charge in [0.1, 0.15) is 0 Å². The van der Waals surface area contributed by atoms with Gasteiger partial charge in [0.2, 0.25) is 0 Å². The summed E-state index contributed by atoms with van der Waals surface area (Å²) in [6.07, 6.45) is 5.85. The van der Waals surface area contributed by atoms with Gasteiger partial charge in [0.15, 0.2) is 0 Å². The van der Waals surface area contributed by atoms with Crippen LogP contribution in [0.4, 0.5) is 0 Å². The van der Waals surface area contributed by atoms with Crippen molar-refractivity contribution in [3.8, 4) is 0 Å². The second kappa shape index (κ2) is 2.52. The minimum atomic E-state index is 1.03. The quantitative estimate of drug-likeness (QED) is 0.526. The molecule has 0 amide bonds. The van der Waals surface area contributed by atoms with Crippen molar-refractivity contribution in [2.75, 3.05) is 0 Å². The topological polar surface area (TPSA) is 0 Å². The van der Waals surface area contributed by atoms with Crippen LogP contribution in [0.25, 0.3) is 0 Å². The highest BCUT2D eigenvalue weighted by Gasteiger charge is 2.26. The van der Waals surface area contributed by atoms with E-state index in [1.54, 1.807) is 0 Å². The van der Waals surface area contributed by atoms with Gasteiger partial charge in [-0.05, 0) is 24.7 Å². The zero-order valence-corrected chi connectivity index (χ0v) is 5.98. The van der Waals surface area contributed by atoms with E-state index in [4.69, 9.17) is 0 Å². The highest BCUT2D eigenvalue weighted by Crippen LogP contribution is 2.38. The van der Waals surface area contributed by atoms with E-state index in [9.17, 15) is 0 Å². The molecule has 1 aliphatic rings. The van der Waals surface area contributed by atoms with Crippen molar-refractivity contribution >= 4 is 0 Å². The Morgan fingerprint density at radius 2 is 2.12 bits per heavy atom. The molecule has 1 atom stereocenters. The van der Waals surface area contributed by atoms with E-state index in [0.29, 0.717) is 0 Å². The maximum Gasteiger partial charge on any atom is -0.0388 e. The molecule has 0 aromatic rings. The van der Waals surface area contributed by atoms with Crippen molar-refractivity contribution < 1.29 is 0 Å². The summed E-state index contributed by atoms with van der Waals surface area (Å²) in [7, 11) is 0. The Balaban J connectivity index is 2.03. The molecular formula is C8H16. The van der Waals surface area contributed by atoms with Gasteiger partial charge in [0, 0.05) is 0 Å². The van der Waals surface area contributed by atoms with E-state index >= 15 is 0 Å². The Morgan fingerprint density at radius 1 is 1.50 bits per heavy atom. The Kier molecular flexibility index (Phi) is 1.93. The first-order valence-electron chi connectivity index (χ1n) is 3.84. The first kappa shape index (κ1) is 6.12. The fourth-order valence-corrected chi connectivity index (χ4v) is 1.36. The van der Waals surface area contributed by atoms with Crippen LogP contribution in [0.2, 0.25) is 0 Å². The summed E-state index contributed by atoms with van der Waals surface area (Å²) in [6, 6.07) is 0. The monoisotopic (exact) mass is 112 g/mol. The van der Waals surface area contributed by atoms with E-state index < -0.39 is 0 Å². The average Bonchev–Trinajstić information content (AvgIpc) is 2.45. The first-order valence-corrected chi connectivity index (χ1v) is 3.84. The highest BCUT2D eigenvalue weighted by molar-refractivity contribution is 4.77. The van der Waals surface area contributed by atoms with Gasteiger partial charge in [-0.1, -0.05) is 26.7 Å². The fourth-order valence-electron chi connectivity index (χ4n) is 1.36. The lowest BCUT2D eigenvalue weighted by molar-refractivity contribution is 0.464. The van der Waals surface area contributed by atoms with Crippen LogP contribution < -0.4 is 0 Å². The van der Waals surface area contributed by atoms with Crippen LogP contribution in [-0.4, -0.2) is 0 Å².